The summed E-state index contributed by atoms with van der Waals surface area (Å²) in [5.41, 5.74) is 6.13. The van der Waals surface area contributed by atoms with Crippen molar-refractivity contribution in [1.29, 1.82) is 5.26 Å². The number of nitrogens with one attached hydrogen (secondary N) is 1. The number of anilines is 1. The Kier molecular flexibility index (Phi) is 4.89. The van der Waals surface area contributed by atoms with Crippen molar-refractivity contribution in [1.82, 2.24) is 9.13 Å². The van der Waals surface area contributed by atoms with Crippen LogP contribution in [0.2, 0.25) is 0 Å². The Bertz CT molecular complexity index is 991. The van der Waals surface area contributed by atoms with Crippen LogP contribution in [0.3, 0.4) is 0 Å². The number of benzene rings is 1. The lowest BCUT2D eigenvalue weighted by Crippen LogP contribution is -2.39. The SMILES string of the molecule is Cc1c(C)c(C)c(CNc2c(C#N)c(=O)n(C)c(=O)n2C)c(C)c1C. The second-order valence-electron chi connectivity index (χ2n) is 6.50. The third-order valence-corrected chi connectivity index (χ3v) is 5.36. The normalized spacial score (nSPS) is 10.6. The van der Waals surface area contributed by atoms with E-state index in [2.05, 4.69) is 39.9 Å². The summed E-state index contributed by atoms with van der Waals surface area (Å²) in [7, 11) is 2.92. The molecule has 0 saturated carbocycles. The van der Waals surface area contributed by atoms with Crippen LogP contribution < -0.4 is 16.6 Å². The molecule has 1 heterocycles. The van der Waals surface area contributed by atoms with Gasteiger partial charge in [0.05, 0.1) is 0 Å². The van der Waals surface area contributed by atoms with Crippen LogP contribution in [0.25, 0.3) is 0 Å². The molecule has 25 heavy (non-hydrogen) atoms. The Morgan fingerprint density at radius 2 is 1.36 bits per heavy atom. The standard InChI is InChI=1S/C19H24N4O2/c1-10-11(2)13(4)16(14(5)12(10)3)9-21-17-15(8-20)18(24)23(7)19(25)22(17)6/h21H,9H2,1-7H3. The number of aromatic nitrogens is 2. The molecule has 0 unspecified atom stereocenters. The average molecular weight is 340 g/mol. The van der Waals surface area contributed by atoms with Crippen LogP contribution in [0, 0.1) is 45.9 Å². The molecule has 6 nitrogen and oxygen atoms in total. The number of nitrogens with zero attached hydrogens (tertiary/aromatic N) is 3. The smallest absolute Gasteiger partial charge is 0.332 e. The van der Waals surface area contributed by atoms with Crippen molar-refractivity contribution in [3.05, 3.63) is 59.8 Å². The van der Waals surface area contributed by atoms with Gasteiger partial charge in [-0.2, -0.15) is 5.26 Å². The van der Waals surface area contributed by atoms with Crippen molar-refractivity contribution in [3.8, 4) is 6.07 Å². The van der Waals surface area contributed by atoms with E-state index in [-0.39, 0.29) is 11.4 Å². The van der Waals surface area contributed by atoms with Gasteiger partial charge in [0.25, 0.3) is 5.56 Å². The molecule has 6 heteroatoms. The van der Waals surface area contributed by atoms with E-state index in [0.29, 0.717) is 6.54 Å². The molecular formula is C19H24N4O2. The molecule has 0 aliphatic rings. The minimum atomic E-state index is -0.585. The topological polar surface area (TPSA) is 79.8 Å². The maximum atomic E-state index is 12.2. The summed E-state index contributed by atoms with van der Waals surface area (Å²) in [6, 6.07) is 1.91. The lowest BCUT2D eigenvalue weighted by molar-refractivity contribution is 0.685. The summed E-state index contributed by atoms with van der Waals surface area (Å²) >= 11 is 0. The van der Waals surface area contributed by atoms with E-state index in [9.17, 15) is 14.9 Å². The fourth-order valence-corrected chi connectivity index (χ4v) is 3.17. The van der Waals surface area contributed by atoms with Crippen molar-refractivity contribution in [2.75, 3.05) is 5.32 Å². The van der Waals surface area contributed by atoms with E-state index >= 15 is 0 Å². The maximum Gasteiger partial charge on any atom is 0.332 e. The zero-order valence-electron chi connectivity index (χ0n) is 15.9. The molecule has 2 aromatic rings. The molecular weight excluding hydrogens is 316 g/mol. The first-order valence-corrected chi connectivity index (χ1v) is 8.13. The summed E-state index contributed by atoms with van der Waals surface area (Å²) < 4.78 is 2.25. The Morgan fingerprint density at radius 1 is 0.880 bits per heavy atom. The Balaban J connectivity index is 2.58. The second kappa shape index (κ2) is 6.60. The van der Waals surface area contributed by atoms with E-state index < -0.39 is 11.2 Å². The predicted molar refractivity (Wildman–Crippen MR) is 99.1 cm³/mol. The fourth-order valence-electron chi connectivity index (χ4n) is 3.17. The molecule has 0 atom stereocenters. The van der Waals surface area contributed by atoms with E-state index in [4.69, 9.17) is 0 Å². The molecule has 1 N–H and O–H groups in total. The van der Waals surface area contributed by atoms with E-state index in [0.717, 1.165) is 10.1 Å². The molecule has 132 valence electrons. The van der Waals surface area contributed by atoms with E-state index in [1.807, 2.05) is 6.07 Å². The van der Waals surface area contributed by atoms with Gasteiger partial charge in [0.1, 0.15) is 11.9 Å². The molecule has 0 saturated heterocycles. The molecule has 0 radical (unpaired) electrons. The van der Waals surface area contributed by atoms with Crippen molar-refractivity contribution in [2.24, 2.45) is 14.1 Å². The molecule has 0 fully saturated rings. The van der Waals surface area contributed by atoms with E-state index in [1.165, 1.54) is 39.4 Å². The van der Waals surface area contributed by atoms with Crippen LogP contribution >= 0.6 is 0 Å². The van der Waals surface area contributed by atoms with Crippen LogP contribution in [0.5, 0.6) is 0 Å². The summed E-state index contributed by atoms with van der Waals surface area (Å²) in [6.45, 7) is 10.9. The fraction of sp³-hybridized carbons (Fsp3) is 0.421. The monoisotopic (exact) mass is 340 g/mol. The molecule has 1 aromatic heterocycles. The lowest BCUT2D eigenvalue weighted by atomic mass is 9.89. The summed E-state index contributed by atoms with van der Waals surface area (Å²) in [5.74, 6) is 0.255. The van der Waals surface area contributed by atoms with Crippen LogP contribution in [-0.4, -0.2) is 9.13 Å². The first-order chi connectivity index (χ1) is 11.6. The first-order valence-electron chi connectivity index (χ1n) is 8.13. The van der Waals surface area contributed by atoms with Crippen molar-refractivity contribution >= 4 is 5.82 Å². The molecule has 2 rings (SSSR count). The van der Waals surface area contributed by atoms with Crippen LogP contribution in [0.1, 0.15) is 38.9 Å². The Morgan fingerprint density at radius 3 is 1.84 bits per heavy atom. The maximum absolute atomic E-state index is 12.2. The minimum Gasteiger partial charge on any atom is -0.366 e. The highest BCUT2D eigenvalue weighted by atomic mass is 16.2. The summed E-state index contributed by atoms with van der Waals surface area (Å²) in [4.78, 5) is 24.3. The van der Waals surface area contributed by atoms with Gasteiger partial charge in [-0.3, -0.25) is 13.9 Å². The number of hydrogen-bond acceptors (Lipinski definition) is 4. The van der Waals surface area contributed by atoms with E-state index in [1.54, 1.807) is 7.05 Å². The van der Waals surface area contributed by atoms with Gasteiger partial charge in [0, 0.05) is 20.6 Å². The average Bonchev–Trinajstić information content (AvgIpc) is 2.60. The minimum absolute atomic E-state index is 0.0551. The van der Waals surface area contributed by atoms with Crippen molar-refractivity contribution < 1.29 is 0 Å². The van der Waals surface area contributed by atoms with Gasteiger partial charge in [-0.05, 0) is 68.0 Å². The molecule has 0 aliphatic carbocycles. The predicted octanol–water partition coefficient (Wildman–Crippen LogP) is 2.11. The molecule has 0 spiro atoms. The molecule has 0 bridgehead atoms. The first kappa shape index (κ1) is 18.5. The zero-order valence-corrected chi connectivity index (χ0v) is 15.9. The van der Waals surface area contributed by atoms with Gasteiger partial charge in [-0.15, -0.1) is 0 Å². The number of hydrogen-bond donors (Lipinski definition) is 1. The van der Waals surface area contributed by atoms with Crippen LogP contribution in [0.15, 0.2) is 9.59 Å². The lowest BCUT2D eigenvalue weighted by Gasteiger charge is -2.20. The van der Waals surface area contributed by atoms with Crippen LogP contribution in [-0.2, 0) is 20.6 Å². The van der Waals surface area contributed by atoms with Gasteiger partial charge in [0.15, 0.2) is 5.56 Å². The molecule has 0 aliphatic heterocycles. The van der Waals surface area contributed by atoms with Gasteiger partial charge in [0.2, 0.25) is 0 Å². The van der Waals surface area contributed by atoms with Gasteiger partial charge < -0.3 is 5.32 Å². The molecule has 0 amide bonds. The van der Waals surface area contributed by atoms with Gasteiger partial charge in [-0.1, -0.05) is 0 Å². The summed E-state index contributed by atoms with van der Waals surface area (Å²) in [6.07, 6.45) is 0. The number of rotatable bonds is 3. The Hall–Kier alpha value is -2.81. The molecule has 1 aromatic carbocycles. The quantitative estimate of drug-likeness (QED) is 0.928. The van der Waals surface area contributed by atoms with Gasteiger partial charge >= 0.3 is 5.69 Å². The highest BCUT2D eigenvalue weighted by Crippen LogP contribution is 2.26. The van der Waals surface area contributed by atoms with Crippen LogP contribution in [0.4, 0.5) is 5.82 Å². The third kappa shape index (κ3) is 2.86. The summed E-state index contributed by atoms with van der Waals surface area (Å²) in [5, 5.41) is 12.5. The van der Waals surface area contributed by atoms with Gasteiger partial charge in [-0.25, -0.2) is 4.79 Å². The Labute approximate surface area is 147 Å². The van der Waals surface area contributed by atoms with Crippen molar-refractivity contribution in [2.45, 2.75) is 41.2 Å². The largest absolute Gasteiger partial charge is 0.366 e. The van der Waals surface area contributed by atoms with Crippen molar-refractivity contribution in [3.63, 3.8) is 0 Å². The third-order valence-electron chi connectivity index (χ3n) is 5.36. The highest BCUT2D eigenvalue weighted by Gasteiger charge is 2.17. The number of nitriles is 1. The highest BCUT2D eigenvalue weighted by molar-refractivity contribution is 5.54. The zero-order chi connectivity index (χ0) is 19.0. The second-order valence-corrected chi connectivity index (χ2v) is 6.50.